The topological polar surface area (TPSA) is 76.0 Å². The molecule has 0 atom stereocenters. The zero-order valence-electron chi connectivity index (χ0n) is 32.4. The Bertz CT molecular complexity index is 1960. The van der Waals surface area contributed by atoms with Crippen LogP contribution < -0.4 is 0 Å². The van der Waals surface area contributed by atoms with Crippen LogP contribution in [0.1, 0.15) is 112 Å². The van der Waals surface area contributed by atoms with E-state index >= 15 is 0 Å². The van der Waals surface area contributed by atoms with Crippen molar-refractivity contribution in [2.45, 2.75) is 114 Å². The number of pyridine rings is 1. The molecule has 0 amide bonds. The maximum atomic E-state index is 12.2. The molecule has 0 saturated heterocycles. The largest absolute Gasteiger partial charge is 0.512 e. The molecule has 2 aromatic carbocycles. The Morgan fingerprint density at radius 1 is 0.843 bits per heavy atom. The second-order valence-electron chi connectivity index (χ2n) is 15.5. The predicted molar refractivity (Wildman–Crippen MR) is 213 cm³/mol. The average Bonchev–Trinajstić information content (AvgIpc) is 3.51. The summed E-state index contributed by atoms with van der Waals surface area (Å²) in [5, 5.41) is 13.7. The maximum absolute atomic E-state index is 12.2. The molecule has 1 radical (unpaired) electrons. The number of carbonyl (C=O) groups excluding carboxylic acids is 1. The maximum Gasteiger partial charge on any atom is 0.164 e. The van der Waals surface area contributed by atoms with Crippen molar-refractivity contribution in [3.05, 3.63) is 89.3 Å². The average molecular weight is 883 g/mol. The monoisotopic (exact) mass is 883 g/mol. The summed E-state index contributed by atoms with van der Waals surface area (Å²) in [6.07, 6.45) is 7.47. The summed E-state index contributed by atoms with van der Waals surface area (Å²) < 4.78 is 0. The molecule has 0 aliphatic rings. The molecule has 0 saturated carbocycles. The van der Waals surface area contributed by atoms with Crippen molar-refractivity contribution in [3.63, 3.8) is 0 Å². The van der Waals surface area contributed by atoms with E-state index in [0.29, 0.717) is 5.92 Å². The fraction of sp³-hybridized carbons (Fsp3) is 0.455. The summed E-state index contributed by atoms with van der Waals surface area (Å²) in [5.41, 5.74) is 4.26. The van der Waals surface area contributed by atoms with Crippen LogP contribution in [0.3, 0.4) is 0 Å². The van der Waals surface area contributed by atoms with E-state index in [1.54, 1.807) is 17.7 Å². The van der Waals surface area contributed by atoms with Gasteiger partial charge in [0.25, 0.3) is 0 Å². The van der Waals surface area contributed by atoms with Crippen LogP contribution in [0, 0.1) is 22.8 Å². The molecule has 5 rings (SSSR count). The Balaban J connectivity index is 0.000000335. The summed E-state index contributed by atoms with van der Waals surface area (Å²) >= 11 is 1.78. The van der Waals surface area contributed by atoms with Crippen LogP contribution >= 0.6 is 11.3 Å². The van der Waals surface area contributed by atoms with Gasteiger partial charge in [0, 0.05) is 53.0 Å². The quantitative estimate of drug-likeness (QED) is 0.0812. The Morgan fingerprint density at radius 3 is 2.08 bits per heavy atom. The van der Waals surface area contributed by atoms with Crippen LogP contribution in [0.15, 0.2) is 72.8 Å². The molecule has 0 aliphatic heterocycles. The van der Waals surface area contributed by atoms with Crippen LogP contribution in [0.5, 0.6) is 0 Å². The molecule has 3 heterocycles. The molecule has 5 aromatic rings. The Labute approximate surface area is 323 Å². The van der Waals surface area contributed by atoms with Gasteiger partial charge in [-0.3, -0.25) is 9.78 Å². The van der Waals surface area contributed by atoms with E-state index in [2.05, 4.69) is 99.2 Å². The van der Waals surface area contributed by atoms with Gasteiger partial charge in [0.1, 0.15) is 16.9 Å². The molecule has 1 N–H and O–H groups in total. The van der Waals surface area contributed by atoms with Crippen LogP contribution in [0.25, 0.3) is 43.6 Å². The van der Waals surface area contributed by atoms with E-state index in [-0.39, 0.29) is 47.9 Å². The normalized spacial score (nSPS) is 12.5. The number of hydrogen-bond acceptors (Lipinski definition) is 6. The van der Waals surface area contributed by atoms with E-state index in [1.165, 1.54) is 27.3 Å². The third-order valence-corrected chi connectivity index (χ3v) is 11.5. The van der Waals surface area contributed by atoms with Gasteiger partial charge in [-0.1, -0.05) is 105 Å². The molecule has 0 fully saturated rings. The first-order valence-electron chi connectivity index (χ1n) is 18.2. The second-order valence-corrected chi connectivity index (χ2v) is 16.6. The minimum Gasteiger partial charge on any atom is -0.512 e. The molecule has 0 spiro atoms. The molecule has 0 bridgehead atoms. The van der Waals surface area contributed by atoms with Crippen molar-refractivity contribution in [1.82, 2.24) is 15.0 Å². The van der Waals surface area contributed by atoms with Crippen molar-refractivity contribution in [2.75, 3.05) is 0 Å². The van der Waals surface area contributed by atoms with Gasteiger partial charge in [-0.25, -0.2) is 9.97 Å². The molecule has 0 unspecified atom stereocenters. The van der Waals surface area contributed by atoms with Crippen molar-refractivity contribution >= 4 is 38.1 Å². The van der Waals surface area contributed by atoms with Crippen molar-refractivity contribution < 1.29 is 30.0 Å². The van der Waals surface area contributed by atoms with Gasteiger partial charge < -0.3 is 5.11 Å². The Kier molecular flexibility index (Phi) is 14.5. The molecular formula is C44H56IrN3O2S-. The number of aliphatic hydroxyl groups excluding tert-OH is 1. The molecule has 7 heteroatoms. The summed E-state index contributed by atoms with van der Waals surface area (Å²) in [6.45, 7) is 23.3. The number of allylic oxidation sites excluding steroid dienone is 2. The minimum absolute atomic E-state index is 0. The van der Waals surface area contributed by atoms with Gasteiger partial charge in [-0.05, 0) is 67.7 Å². The van der Waals surface area contributed by atoms with E-state index in [0.717, 1.165) is 65.0 Å². The molecule has 275 valence electrons. The van der Waals surface area contributed by atoms with Crippen LogP contribution in [0.4, 0.5) is 0 Å². The summed E-state index contributed by atoms with van der Waals surface area (Å²) in [6, 6.07) is 22.8. The Morgan fingerprint density at radius 2 is 1.47 bits per heavy atom. The van der Waals surface area contributed by atoms with Gasteiger partial charge in [-0.2, -0.15) is 0 Å². The van der Waals surface area contributed by atoms with E-state index in [4.69, 9.17) is 4.98 Å². The van der Waals surface area contributed by atoms with Gasteiger partial charge >= 0.3 is 0 Å². The van der Waals surface area contributed by atoms with Gasteiger partial charge in [0.15, 0.2) is 5.78 Å². The Hall–Kier alpha value is -3.25. The zero-order chi connectivity index (χ0) is 36.9. The van der Waals surface area contributed by atoms with Crippen LogP contribution in [-0.4, -0.2) is 25.8 Å². The smallest absolute Gasteiger partial charge is 0.164 e. The number of ketones is 1. The van der Waals surface area contributed by atoms with Gasteiger partial charge in [0.05, 0.1) is 11.4 Å². The van der Waals surface area contributed by atoms with Gasteiger partial charge in [-0.15, -0.1) is 40.5 Å². The SMILES string of the molecule is CC(C)Cc1cc2ccc(-c3cc(-c4[c-]c5ccccc5c(C(C)(C)C)c4)ncn3)nc2s1.CCC(C)(CC)C(=O)/C=C(\O)C(C)(CC)CC.[Ir]. The number of nitrogens with zero attached hydrogens (tertiary/aromatic N) is 3. The minimum atomic E-state index is -0.337. The third kappa shape index (κ3) is 10.0. The van der Waals surface area contributed by atoms with Crippen molar-refractivity contribution in [2.24, 2.45) is 16.7 Å². The number of thiophene rings is 1. The second kappa shape index (κ2) is 17.5. The summed E-state index contributed by atoms with van der Waals surface area (Å²) in [7, 11) is 0. The third-order valence-electron chi connectivity index (χ3n) is 10.4. The van der Waals surface area contributed by atoms with Crippen LogP contribution in [-0.2, 0) is 36.7 Å². The molecule has 5 nitrogen and oxygen atoms in total. The van der Waals surface area contributed by atoms with Crippen molar-refractivity contribution in [1.29, 1.82) is 0 Å². The summed E-state index contributed by atoms with van der Waals surface area (Å²) in [5.74, 6) is 0.923. The number of aliphatic hydroxyl groups is 1. The number of fused-ring (bicyclic) bond motifs is 2. The molecular weight excluding hydrogens is 827 g/mol. The van der Waals surface area contributed by atoms with E-state index < -0.39 is 0 Å². The number of benzene rings is 2. The predicted octanol–water partition coefficient (Wildman–Crippen LogP) is 12.5. The fourth-order valence-corrected chi connectivity index (χ4v) is 7.17. The first-order valence-corrected chi connectivity index (χ1v) is 19.0. The molecule has 3 aromatic heterocycles. The first kappa shape index (κ1) is 42.2. The standard InChI is InChI=1S/C29H28N3S.C15H28O2.Ir/c1-18(2)12-22-14-20-10-11-25(32-28(20)33-22)27-16-26(30-17-31-27)21-13-19-8-6-7-9-23(19)24(15-21)29(3,4)5;1-7-14(5,8-2)12(16)11-13(17)15(6,9-3)10-4;/h6-11,14-18H,12H2,1-5H3;11,16H,7-10H2,1-6H3;/q-1;;/b;12-11-;. The number of carbonyl (C=O) groups is 1. The fourth-order valence-electron chi connectivity index (χ4n) is 5.93. The van der Waals surface area contributed by atoms with Crippen LogP contribution in [0.2, 0.25) is 0 Å². The number of aromatic nitrogens is 3. The van der Waals surface area contributed by atoms with E-state index in [9.17, 15) is 9.90 Å². The van der Waals surface area contributed by atoms with Crippen molar-refractivity contribution in [3.8, 4) is 22.6 Å². The first-order chi connectivity index (χ1) is 23.6. The zero-order valence-corrected chi connectivity index (χ0v) is 35.6. The van der Waals surface area contributed by atoms with Gasteiger partial charge in [0.2, 0.25) is 0 Å². The molecule has 0 aliphatic carbocycles. The molecule has 51 heavy (non-hydrogen) atoms. The number of rotatable bonds is 11. The number of hydrogen-bond donors (Lipinski definition) is 1. The summed E-state index contributed by atoms with van der Waals surface area (Å²) in [4.78, 5) is 28.7. The van der Waals surface area contributed by atoms with E-state index in [1.807, 2.05) is 47.6 Å².